The summed E-state index contributed by atoms with van der Waals surface area (Å²) in [6.45, 7) is 4.57. The second kappa shape index (κ2) is 21.5. The van der Waals surface area contributed by atoms with Crippen molar-refractivity contribution in [3.05, 3.63) is 60.2 Å². The van der Waals surface area contributed by atoms with E-state index in [1.807, 2.05) is 0 Å². The molecule has 0 radical (unpaired) electrons. The standard InChI is InChI=1S/C31H49S.BF4/c1-3-4-5-6-7-8-9-10-11-12-13-14-15-16-17-23-28-32(30-25-19-18-20-26-30)31-27-22-21-24-29(31)2;2-1(3,4)5/h18-22,24-27H,3-17,23,28H2,1-2H3;/q+1;-1. The van der Waals surface area contributed by atoms with Crippen molar-refractivity contribution in [2.75, 3.05) is 5.75 Å². The van der Waals surface area contributed by atoms with E-state index >= 15 is 0 Å². The van der Waals surface area contributed by atoms with Crippen LogP contribution in [0.1, 0.15) is 115 Å². The minimum Gasteiger partial charge on any atom is -0.418 e. The Hall–Kier alpha value is -1.43. The molecule has 0 heterocycles. The van der Waals surface area contributed by atoms with E-state index in [1.54, 1.807) is 4.90 Å². The van der Waals surface area contributed by atoms with Gasteiger partial charge in [-0.1, -0.05) is 133 Å². The monoisotopic (exact) mass is 540 g/mol. The molecule has 0 aliphatic rings. The number of halogens is 4. The lowest BCUT2D eigenvalue weighted by molar-refractivity contribution is 0.368. The van der Waals surface area contributed by atoms with E-state index in [9.17, 15) is 17.3 Å². The highest BCUT2D eigenvalue weighted by atomic mass is 32.2. The smallest absolute Gasteiger partial charge is 0.418 e. The molecule has 0 bridgehead atoms. The number of hydrogen-bond acceptors (Lipinski definition) is 0. The van der Waals surface area contributed by atoms with Crippen molar-refractivity contribution >= 4 is 18.1 Å². The summed E-state index contributed by atoms with van der Waals surface area (Å²) in [7, 11) is -5.78. The summed E-state index contributed by atoms with van der Waals surface area (Å²) in [6.07, 6.45) is 23.0. The van der Waals surface area contributed by atoms with Crippen LogP contribution in [0.25, 0.3) is 0 Å². The van der Waals surface area contributed by atoms with Gasteiger partial charge < -0.3 is 17.3 Å². The van der Waals surface area contributed by atoms with E-state index in [-0.39, 0.29) is 10.9 Å². The molecule has 0 nitrogen and oxygen atoms in total. The molecule has 37 heavy (non-hydrogen) atoms. The Balaban J connectivity index is 0.00000124. The molecule has 1 atom stereocenters. The molecule has 0 aliphatic heterocycles. The second-order valence-corrected chi connectivity index (χ2v) is 12.1. The molecule has 210 valence electrons. The highest BCUT2D eigenvalue weighted by Crippen LogP contribution is 2.27. The lowest BCUT2D eigenvalue weighted by Gasteiger charge is -2.10. The van der Waals surface area contributed by atoms with Crippen LogP contribution in [0.3, 0.4) is 0 Å². The van der Waals surface area contributed by atoms with Gasteiger partial charge in [0, 0.05) is 5.56 Å². The molecule has 0 saturated heterocycles. The van der Waals surface area contributed by atoms with Gasteiger partial charge in [0.1, 0.15) is 5.75 Å². The van der Waals surface area contributed by atoms with Crippen LogP contribution in [-0.4, -0.2) is 13.0 Å². The maximum absolute atomic E-state index is 9.75. The van der Waals surface area contributed by atoms with Crippen LogP contribution in [0.15, 0.2) is 64.4 Å². The molecule has 0 aromatic heterocycles. The largest absolute Gasteiger partial charge is 0.673 e. The van der Waals surface area contributed by atoms with Gasteiger partial charge in [-0.3, -0.25) is 0 Å². The maximum atomic E-state index is 9.75. The summed E-state index contributed by atoms with van der Waals surface area (Å²) in [4.78, 5) is 3.04. The first kappa shape index (κ1) is 33.6. The normalized spacial score (nSPS) is 12.2. The van der Waals surface area contributed by atoms with Gasteiger partial charge in [-0.05, 0) is 38.0 Å². The van der Waals surface area contributed by atoms with Gasteiger partial charge in [0.15, 0.2) is 9.79 Å². The fourth-order valence-corrected chi connectivity index (χ4v) is 6.95. The predicted octanol–water partition coefficient (Wildman–Crippen LogP) is 11.6. The number of hydrogen-bond donors (Lipinski definition) is 0. The lowest BCUT2D eigenvalue weighted by Crippen LogP contribution is -2.10. The molecular formula is C31H49BF4S. The molecule has 2 rings (SSSR count). The summed E-state index contributed by atoms with van der Waals surface area (Å²) >= 11 is 0. The van der Waals surface area contributed by atoms with Crippen molar-refractivity contribution in [2.45, 2.75) is 126 Å². The van der Waals surface area contributed by atoms with Gasteiger partial charge in [0.25, 0.3) is 0 Å². The quantitative estimate of drug-likeness (QED) is 0.0719. The summed E-state index contributed by atoms with van der Waals surface area (Å²) in [5, 5.41) is 0. The summed E-state index contributed by atoms with van der Waals surface area (Å²) in [5.41, 5.74) is 1.44. The van der Waals surface area contributed by atoms with Gasteiger partial charge in [-0.2, -0.15) is 0 Å². The Morgan fingerprint density at radius 1 is 0.541 bits per heavy atom. The molecule has 0 spiro atoms. The molecule has 2 aromatic rings. The third-order valence-electron chi connectivity index (χ3n) is 6.59. The Labute approximate surface area is 227 Å². The molecule has 0 fully saturated rings. The van der Waals surface area contributed by atoms with E-state index < -0.39 is 7.25 Å². The van der Waals surface area contributed by atoms with E-state index in [0.29, 0.717) is 0 Å². The highest BCUT2D eigenvalue weighted by molar-refractivity contribution is 7.97. The summed E-state index contributed by atoms with van der Waals surface area (Å²) in [6, 6.07) is 20.2. The first-order chi connectivity index (χ1) is 17.8. The van der Waals surface area contributed by atoms with Gasteiger partial charge in [0.2, 0.25) is 0 Å². The predicted molar refractivity (Wildman–Crippen MR) is 156 cm³/mol. The van der Waals surface area contributed by atoms with Crippen molar-refractivity contribution in [3.63, 3.8) is 0 Å². The number of benzene rings is 2. The first-order valence-corrected chi connectivity index (χ1v) is 15.9. The van der Waals surface area contributed by atoms with Crippen LogP contribution in [0.4, 0.5) is 17.3 Å². The molecule has 6 heteroatoms. The van der Waals surface area contributed by atoms with Crippen LogP contribution < -0.4 is 0 Å². The fourth-order valence-electron chi connectivity index (χ4n) is 4.57. The minimum absolute atomic E-state index is 0.220. The van der Waals surface area contributed by atoms with Crippen molar-refractivity contribution < 1.29 is 17.3 Å². The highest BCUT2D eigenvalue weighted by Gasteiger charge is 2.26. The minimum atomic E-state index is -6.00. The average Bonchev–Trinajstić information content (AvgIpc) is 2.86. The van der Waals surface area contributed by atoms with Crippen LogP contribution in [0, 0.1) is 6.92 Å². The lowest BCUT2D eigenvalue weighted by atomic mass is 10.0. The van der Waals surface area contributed by atoms with Gasteiger partial charge in [-0.15, -0.1) is 0 Å². The van der Waals surface area contributed by atoms with E-state index in [2.05, 4.69) is 68.4 Å². The van der Waals surface area contributed by atoms with Crippen molar-refractivity contribution in [1.29, 1.82) is 0 Å². The number of rotatable bonds is 19. The zero-order chi connectivity index (χ0) is 27.2. The first-order valence-electron chi connectivity index (χ1n) is 14.5. The van der Waals surface area contributed by atoms with Crippen LogP contribution >= 0.6 is 0 Å². The van der Waals surface area contributed by atoms with Crippen molar-refractivity contribution in [3.8, 4) is 0 Å². The van der Waals surface area contributed by atoms with Crippen LogP contribution in [0.5, 0.6) is 0 Å². The Kier molecular flexibility index (Phi) is 19.5. The second-order valence-electron chi connectivity index (χ2n) is 9.97. The van der Waals surface area contributed by atoms with Crippen LogP contribution in [0.2, 0.25) is 0 Å². The zero-order valence-corrected chi connectivity index (χ0v) is 24.0. The Bertz CT molecular complexity index is 776. The molecule has 2 aromatic carbocycles. The van der Waals surface area contributed by atoms with Crippen molar-refractivity contribution in [1.82, 2.24) is 0 Å². The average molecular weight is 541 g/mol. The molecule has 0 aliphatic carbocycles. The summed E-state index contributed by atoms with van der Waals surface area (Å²) in [5.74, 6) is 1.30. The SMILES string of the molecule is CCCCCCCCCCCCCCCCCC[S+](c1ccccc1)c1ccccc1C.F[B-](F)(F)F. The van der Waals surface area contributed by atoms with Gasteiger partial charge >= 0.3 is 7.25 Å². The number of unbranched alkanes of at least 4 members (excludes halogenated alkanes) is 15. The Morgan fingerprint density at radius 3 is 1.35 bits per heavy atom. The van der Waals surface area contributed by atoms with Gasteiger partial charge in [0.05, 0.1) is 10.9 Å². The molecule has 0 N–H and O–H groups in total. The van der Waals surface area contributed by atoms with E-state index in [1.165, 1.54) is 119 Å². The molecular weight excluding hydrogens is 491 g/mol. The van der Waals surface area contributed by atoms with Crippen LogP contribution in [-0.2, 0) is 10.9 Å². The van der Waals surface area contributed by atoms with Crippen molar-refractivity contribution in [2.24, 2.45) is 0 Å². The molecule has 0 saturated carbocycles. The summed E-state index contributed by atoms with van der Waals surface area (Å²) < 4.78 is 39.0. The Morgan fingerprint density at radius 2 is 0.919 bits per heavy atom. The zero-order valence-electron chi connectivity index (χ0n) is 23.2. The molecule has 1 unspecified atom stereocenters. The maximum Gasteiger partial charge on any atom is 0.673 e. The van der Waals surface area contributed by atoms with Gasteiger partial charge in [-0.25, -0.2) is 0 Å². The third-order valence-corrected chi connectivity index (χ3v) is 9.12. The fraction of sp³-hybridized carbons (Fsp3) is 0.613. The van der Waals surface area contributed by atoms with E-state index in [4.69, 9.17) is 0 Å². The molecule has 0 amide bonds. The number of aryl methyl sites for hydroxylation is 1. The topological polar surface area (TPSA) is 0 Å². The van der Waals surface area contributed by atoms with E-state index in [0.717, 1.165) is 0 Å². The third kappa shape index (κ3) is 19.3.